The van der Waals surface area contributed by atoms with E-state index >= 15 is 0 Å². The minimum atomic E-state index is -3.70. The summed E-state index contributed by atoms with van der Waals surface area (Å²) in [6, 6.07) is 11.0. The van der Waals surface area contributed by atoms with Gasteiger partial charge in [-0.05, 0) is 42.5 Å². The second kappa shape index (κ2) is 5.50. The lowest BCUT2D eigenvalue weighted by atomic mass is 10.3. The molecule has 0 saturated heterocycles. The Hall–Kier alpha value is -1.08. The van der Waals surface area contributed by atoms with Crippen molar-refractivity contribution in [3.05, 3.63) is 52.0 Å². The van der Waals surface area contributed by atoms with Crippen LogP contribution >= 0.6 is 27.5 Å². The molecule has 0 aliphatic rings. The molecule has 2 aromatic rings. The number of primary sulfonamides is 1. The molecule has 0 amide bonds. The molecule has 0 aromatic heterocycles. The smallest absolute Gasteiger partial charge is 0.238 e. The van der Waals surface area contributed by atoms with E-state index in [0.29, 0.717) is 16.5 Å². The molecule has 4 nitrogen and oxygen atoms in total. The highest BCUT2D eigenvalue weighted by Crippen LogP contribution is 2.32. The van der Waals surface area contributed by atoms with Gasteiger partial charge in [0.05, 0.1) is 9.92 Å². The van der Waals surface area contributed by atoms with Crippen LogP contribution < -0.4 is 9.88 Å². The second-order valence-corrected chi connectivity index (χ2v) is 6.58. The largest absolute Gasteiger partial charge is 0.456 e. The van der Waals surface area contributed by atoms with Crippen LogP contribution in [0.4, 0.5) is 0 Å². The third kappa shape index (κ3) is 3.70. The normalized spacial score (nSPS) is 11.3. The first-order valence-electron chi connectivity index (χ1n) is 5.12. The quantitative estimate of drug-likeness (QED) is 0.908. The molecule has 0 unspecified atom stereocenters. The molecule has 0 atom stereocenters. The first kappa shape index (κ1) is 14.3. The zero-order chi connectivity index (χ0) is 14.0. The molecular weight excluding hydrogens is 354 g/mol. The SMILES string of the molecule is NS(=O)(=O)c1ccc(Oc2cc(Br)ccc2Cl)cc1. The van der Waals surface area contributed by atoms with Gasteiger partial charge in [-0.15, -0.1) is 0 Å². The minimum absolute atomic E-state index is 0.0280. The average Bonchev–Trinajstić information content (AvgIpc) is 2.33. The number of hydrogen-bond donors (Lipinski definition) is 1. The van der Waals surface area contributed by atoms with Gasteiger partial charge in [0, 0.05) is 4.47 Å². The Kier molecular flexibility index (Phi) is 4.15. The van der Waals surface area contributed by atoms with Crippen molar-refractivity contribution in [3.8, 4) is 11.5 Å². The summed E-state index contributed by atoms with van der Waals surface area (Å²) in [7, 11) is -3.70. The van der Waals surface area contributed by atoms with E-state index in [2.05, 4.69) is 15.9 Å². The lowest BCUT2D eigenvalue weighted by Crippen LogP contribution is -2.11. The van der Waals surface area contributed by atoms with Gasteiger partial charge >= 0.3 is 0 Å². The Morgan fingerprint density at radius 1 is 1.11 bits per heavy atom. The highest BCUT2D eigenvalue weighted by molar-refractivity contribution is 9.10. The number of halogens is 2. The lowest BCUT2D eigenvalue weighted by Gasteiger charge is -2.08. The Labute approximate surface area is 124 Å². The molecule has 0 spiro atoms. The number of ether oxygens (including phenoxy) is 1. The van der Waals surface area contributed by atoms with Crippen molar-refractivity contribution in [1.82, 2.24) is 0 Å². The zero-order valence-corrected chi connectivity index (χ0v) is 12.7. The summed E-state index contributed by atoms with van der Waals surface area (Å²) in [6.45, 7) is 0. The van der Waals surface area contributed by atoms with Crippen molar-refractivity contribution >= 4 is 37.6 Å². The maximum absolute atomic E-state index is 11.1. The molecule has 0 fully saturated rings. The molecule has 100 valence electrons. The molecule has 2 N–H and O–H groups in total. The molecule has 0 saturated carbocycles. The number of sulfonamides is 1. The van der Waals surface area contributed by atoms with Gasteiger partial charge in [0.1, 0.15) is 11.5 Å². The Bertz CT molecular complexity index is 701. The summed E-state index contributed by atoms with van der Waals surface area (Å²) in [5.41, 5.74) is 0. The molecule has 0 bridgehead atoms. The number of nitrogens with two attached hydrogens (primary N) is 1. The van der Waals surface area contributed by atoms with Crippen LogP contribution in [0, 0.1) is 0 Å². The van der Waals surface area contributed by atoms with Crippen LogP contribution in [0.1, 0.15) is 0 Å². The first-order valence-corrected chi connectivity index (χ1v) is 7.84. The number of hydrogen-bond acceptors (Lipinski definition) is 3. The van der Waals surface area contributed by atoms with E-state index in [1.54, 1.807) is 18.2 Å². The molecule has 19 heavy (non-hydrogen) atoms. The maximum Gasteiger partial charge on any atom is 0.238 e. The standard InChI is InChI=1S/C12H9BrClNO3S/c13-8-1-6-11(14)12(7-8)18-9-2-4-10(5-3-9)19(15,16)17/h1-7H,(H2,15,16,17). The maximum atomic E-state index is 11.1. The molecule has 2 rings (SSSR count). The van der Waals surface area contributed by atoms with Gasteiger partial charge in [0.15, 0.2) is 0 Å². The van der Waals surface area contributed by atoms with Gasteiger partial charge in [-0.25, -0.2) is 13.6 Å². The van der Waals surface area contributed by atoms with Crippen molar-refractivity contribution in [2.75, 3.05) is 0 Å². The van der Waals surface area contributed by atoms with E-state index in [1.165, 1.54) is 24.3 Å². The van der Waals surface area contributed by atoms with Crippen molar-refractivity contribution < 1.29 is 13.2 Å². The van der Waals surface area contributed by atoms with E-state index < -0.39 is 10.0 Å². The van der Waals surface area contributed by atoms with Crippen molar-refractivity contribution in [3.63, 3.8) is 0 Å². The molecule has 0 aliphatic carbocycles. The third-order valence-corrected chi connectivity index (χ3v) is 4.01. The van der Waals surface area contributed by atoms with Crippen molar-refractivity contribution in [2.24, 2.45) is 5.14 Å². The predicted octanol–water partition coefficient (Wildman–Crippen LogP) is 3.54. The highest BCUT2D eigenvalue weighted by Gasteiger charge is 2.08. The molecule has 0 heterocycles. The molecule has 0 radical (unpaired) electrons. The summed E-state index contributed by atoms with van der Waals surface area (Å²) in [5.74, 6) is 0.937. The molecular formula is C12H9BrClNO3S. The summed E-state index contributed by atoms with van der Waals surface area (Å²) in [5, 5.41) is 5.46. The van der Waals surface area contributed by atoms with E-state index in [-0.39, 0.29) is 4.90 Å². The molecule has 0 aliphatic heterocycles. The van der Waals surface area contributed by atoms with Crippen LogP contribution in [-0.4, -0.2) is 8.42 Å². The van der Waals surface area contributed by atoms with Crippen LogP contribution in [-0.2, 0) is 10.0 Å². The summed E-state index contributed by atoms with van der Waals surface area (Å²) in [4.78, 5) is 0.0280. The Morgan fingerprint density at radius 2 is 1.74 bits per heavy atom. The molecule has 7 heteroatoms. The Balaban J connectivity index is 2.27. The van der Waals surface area contributed by atoms with E-state index in [1.807, 2.05) is 0 Å². The van der Waals surface area contributed by atoms with Gasteiger partial charge in [0.25, 0.3) is 0 Å². The van der Waals surface area contributed by atoms with Crippen molar-refractivity contribution in [1.29, 1.82) is 0 Å². The van der Waals surface area contributed by atoms with Gasteiger partial charge in [-0.2, -0.15) is 0 Å². The fraction of sp³-hybridized carbons (Fsp3) is 0. The Morgan fingerprint density at radius 3 is 2.32 bits per heavy atom. The fourth-order valence-electron chi connectivity index (χ4n) is 1.38. The van der Waals surface area contributed by atoms with Crippen LogP contribution in [0.2, 0.25) is 5.02 Å². The van der Waals surface area contributed by atoms with E-state index in [4.69, 9.17) is 21.5 Å². The topological polar surface area (TPSA) is 69.4 Å². The zero-order valence-electron chi connectivity index (χ0n) is 9.51. The minimum Gasteiger partial charge on any atom is -0.456 e. The van der Waals surface area contributed by atoms with Crippen LogP contribution in [0.25, 0.3) is 0 Å². The fourth-order valence-corrected chi connectivity index (χ4v) is 2.39. The predicted molar refractivity (Wildman–Crippen MR) is 77.0 cm³/mol. The monoisotopic (exact) mass is 361 g/mol. The van der Waals surface area contributed by atoms with Crippen molar-refractivity contribution in [2.45, 2.75) is 4.90 Å². The molecule has 2 aromatic carbocycles. The first-order chi connectivity index (χ1) is 8.86. The van der Waals surface area contributed by atoms with E-state index in [9.17, 15) is 8.42 Å². The average molecular weight is 363 g/mol. The van der Waals surface area contributed by atoms with Gasteiger partial charge in [0.2, 0.25) is 10.0 Å². The van der Waals surface area contributed by atoms with Crippen LogP contribution in [0.5, 0.6) is 11.5 Å². The highest BCUT2D eigenvalue weighted by atomic mass is 79.9. The summed E-state index contributed by atoms with van der Waals surface area (Å²) < 4.78 is 28.6. The van der Waals surface area contributed by atoms with Crippen LogP contribution in [0.3, 0.4) is 0 Å². The summed E-state index contributed by atoms with van der Waals surface area (Å²) >= 11 is 9.30. The van der Waals surface area contributed by atoms with Gasteiger partial charge in [-0.1, -0.05) is 27.5 Å². The number of benzene rings is 2. The van der Waals surface area contributed by atoms with Crippen LogP contribution in [0.15, 0.2) is 51.8 Å². The van der Waals surface area contributed by atoms with Gasteiger partial charge in [-0.3, -0.25) is 0 Å². The van der Waals surface area contributed by atoms with Gasteiger partial charge < -0.3 is 4.74 Å². The van der Waals surface area contributed by atoms with E-state index in [0.717, 1.165) is 4.47 Å². The third-order valence-electron chi connectivity index (χ3n) is 2.27. The lowest BCUT2D eigenvalue weighted by molar-refractivity contribution is 0.482. The summed E-state index contributed by atoms with van der Waals surface area (Å²) in [6.07, 6.45) is 0. The number of rotatable bonds is 3. The second-order valence-electron chi connectivity index (χ2n) is 3.69.